The van der Waals surface area contributed by atoms with Gasteiger partial charge in [-0.05, 0) is 0 Å². The fourth-order valence-corrected chi connectivity index (χ4v) is 0. The molecule has 0 bridgehead atoms. The van der Waals surface area contributed by atoms with E-state index in [4.69, 9.17) is 57.7 Å². The van der Waals surface area contributed by atoms with Crippen LogP contribution >= 0.6 is 23.5 Å². The second-order valence-corrected chi connectivity index (χ2v) is 4.02. The summed E-state index contributed by atoms with van der Waals surface area (Å²) in [6.45, 7) is 0. The summed E-state index contributed by atoms with van der Waals surface area (Å²) in [5.41, 5.74) is 0. The molecule has 0 saturated heterocycles. The summed E-state index contributed by atoms with van der Waals surface area (Å²) in [4.78, 5) is 76.9. The summed E-state index contributed by atoms with van der Waals surface area (Å²) in [5, 5.41) is 0. The molecule has 0 unspecified atom stereocenters. The van der Waals surface area contributed by atoms with Gasteiger partial charge in [0, 0.05) is 0 Å². The summed E-state index contributed by atoms with van der Waals surface area (Å²) < 4.78 is 25.6. The Bertz CT molecular complexity index is 214. The van der Waals surface area contributed by atoms with Crippen molar-refractivity contribution in [2.45, 2.75) is 0 Å². The van der Waals surface area contributed by atoms with Crippen molar-refractivity contribution in [3.05, 3.63) is 0 Å². The van der Waals surface area contributed by atoms with E-state index in [1.54, 1.807) is 0 Å². The van der Waals surface area contributed by atoms with Gasteiger partial charge in [0.2, 0.25) is 0 Å². The smallest absolute Gasteiger partial charge is 0.822 e. The topological polar surface area (TPSA) is 259 Å². The monoisotopic (exact) mass is 546 g/mol. The van der Waals surface area contributed by atoms with E-state index in [2.05, 4.69) is 0 Å². The molecule has 96 valence electrons. The quantitative estimate of drug-likeness (QED) is 0.201. The van der Waals surface area contributed by atoms with Crippen LogP contribution in [0.1, 0.15) is 0 Å². The van der Waals surface area contributed by atoms with Crippen LogP contribution < -0.4 is 44.0 Å². The maximum atomic E-state index is 8.55. The van der Waals surface area contributed by atoms with Crippen molar-refractivity contribution >= 4 is 43.3 Å². The van der Waals surface area contributed by atoms with Gasteiger partial charge in [-0.2, -0.15) is 23.5 Å². The minimum atomic E-state index is -5.39. The Labute approximate surface area is 158 Å². The Morgan fingerprint density at radius 3 is 0.421 bits per heavy atom. The van der Waals surface area contributed by atoms with Gasteiger partial charge in [0.15, 0.2) is 0 Å². The van der Waals surface area contributed by atoms with Crippen LogP contribution in [0.4, 0.5) is 0 Å². The Kier molecular flexibility index (Phi) is 42.8. The third-order valence-electron chi connectivity index (χ3n) is 0. The molecule has 0 aliphatic rings. The van der Waals surface area contributed by atoms with Crippen molar-refractivity contribution in [3.63, 3.8) is 0 Å². The number of rotatable bonds is 0. The molecule has 0 aromatic carbocycles. The second kappa shape index (κ2) is 18.9. The molecule has 0 aliphatic carbocycles. The average Bonchev–Trinajstić information content (AvgIpc) is 1.41. The molecule has 0 aliphatic heterocycles. The van der Waals surface area contributed by atoms with Gasteiger partial charge in [-0.25, -0.2) is 0 Å². The number of hydrogen-bond acceptors (Lipinski definition) is 12. The first-order valence-electron chi connectivity index (χ1n) is 2.19. The van der Waals surface area contributed by atoms with Crippen LogP contribution in [0.3, 0.4) is 0 Å². The second-order valence-electron chi connectivity index (χ2n) is 1.34. The van der Waals surface area contributed by atoms with Crippen molar-refractivity contribution in [3.8, 4) is 0 Å². The van der Waals surface area contributed by atoms with E-state index in [1.807, 2.05) is 0 Å². The van der Waals surface area contributed by atoms with E-state index in [0.29, 0.717) is 0 Å². The predicted molar refractivity (Wildman–Crippen MR) is 28.6 cm³/mol. The molecular weight excluding hydrogens is 551 g/mol. The van der Waals surface area contributed by atoms with Gasteiger partial charge >= 0.3 is 78.2 Å². The minimum absolute atomic E-state index is 0. The summed E-state index contributed by atoms with van der Waals surface area (Å²) in [5.74, 6) is 0. The average molecular weight is 551 g/mol. The molecule has 0 aromatic rings. The Hall–Kier alpha value is 2.84. The Morgan fingerprint density at radius 1 is 0.421 bits per heavy atom. The first-order valence-corrected chi connectivity index (χ1v) is 6.57. The van der Waals surface area contributed by atoms with Gasteiger partial charge in [-0.15, -0.1) is 0 Å². The summed E-state index contributed by atoms with van der Waals surface area (Å²) >= 11 is 0. The largest absolute Gasteiger partial charge is 3.00 e. The third kappa shape index (κ3) is 919. The van der Waals surface area contributed by atoms with Crippen LogP contribution in [0.2, 0.25) is 0 Å². The van der Waals surface area contributed by atoms with Crippen LogP contribution in [0.25, 0.3) is 0 Å². The molecular formula is GaO12P3Zn3. The number of hydrogen-bond donors (Lipinski definition) is 0. The SMILES string of the molecule is O=P([O-])([O-])[O-].O=P([O-])([O-])[O-].O=P([O-])([O-])[O-].[Ga+3].[Zn+2].[Zn+2].[Zn+2]. The fourth-order valence-electron chi connectivity index (χ4n) is 0. The van der Waals surface area contributed by atoms with E-state index in [9.17, 15) is 0 Å². The van der Waals surface area contributed by atoms with Crippen LogP contribution in [-0.2, 0) is 72.1 Å². The van der Waals surface area contributed by atoms with Crippen molar-refractivity contribution in [1.29, 1.82) is 0 Å². The van der Waals surface area contributed by atoms with Gasteiger partial charge in [0.1, 0.15) is 0 Å². The molecule has 0 rings (SSSR count). The first kappa shape index (κ1) is 43.1. The standard InChI is InChI=1S/Ga.3H3O4P.3Zn/c;3*1-5(2,3)4;;;/h;3*(H3,1,2,3,4);;;/q+3;;;;3*+2/p-9. The Balaban J connectivity index is -0.0000000206. The molecule has 0 atom stereocenters. The van der Waals surface area contributed by atoms with Crippen molar-refractivity contribution in [1.82, 2.24) is 0 Å². The molecule has 12 nitrogen and oxygen atoms in total. The molecule has 0 spiro atoms. The fraction of sp³-hybridized carbons (Fsp3) is 0. The van der Waals surface area contributed by atoms with Crippen molar-refractivity contribution < 1.29 is 116 Å². The van der Waals surface area contributed by atoms with E-state index in [0.717, 1.165) is 0 Å². The van der Waals surface area contributed by atoms with Gasteiger partial charge in [-0.3, -0.25) is 0 Å². The first-order chi connectivity index (χ1) is 6.00. The van der Waals surface area contributed by atoms with E-state index in [-0.39, 0.29) is 78.2 Å². The zero-order valence-electron chi connectivity index (χ0n) is 8.94. The van der Waals surface area contributed by atoms with Gasteiger partial charge in [-0.1, -0.05) is 0 Å². The minimum Gasteiger partial charge on any atom is -0.822 e. The predicted octanol–water partition coefficient (Wildman–Crippen LogP) is -8.86. The number of phosphoric acid groups is 3. The maximum Gasteiger partial charge on any atom is 3.00 e. The maximum absolute atomic E-state index is 8.55. The summed E-state index contributed by atoms with van der Waals surface area (Å²) in [6, 6.07) is 0. The molecule has 0 N–H and O–H groups in total. The zero-order chi connectivity index (χ0) is 13.5. The zero-order valence-corrected chi connectivity index (χ0v) is 22.9. The van der Waals surface area contributed by atoms with Crippen LogP contribution in [-0.4, -0.2) is 19.8 Å². The van der Waals surface area contributed by atoms with E-state index in [1.165, 1.54) is 0 Å². The molecule has 19 heavy (non-hydrogen) atoms. The van der Waals surface area contributed by atoms with Crippen LogP contribution in [0.15, 0.2) is 0 Å². The third-order valence-corrected chi connectivity index (χ3v) is 0. The van der Waals surface area contributed by atoms with E-state index >= 15 is 0 Å². The van der Waals surface area contributed by atoms with Crippen molar-refractivity contribution in [2.24, 2.45) is 0 Å². The Morgan fingerprint density at radius 2 is 0.421 bits per heavy atom. The summed E-state index contributed by atoms with van der Waals surface area (Å²) in [7, 11) is -16.2. The summed E-state index contributed by atoms with van der Waals surface area (Å²) in [6.07, 6.45) is 0. The van der Waals surface area contributed by atoms with Gasteiger partial charge in [0.25, 0.3) is 0 Å². The molecule has 0 fully saturated rings. The molecule has 0 aromatic heterocycles. The van der Waals surface area contributed by atoms with E-state index < -0.39 is 23.5 Å². The normalized spacial score (nSPS) is 9.32. The molecule has 0 heterocycles. The van der Waals surface area contributed by atoms with Crippen LogP contribution in [0.5, 0.6) is 0 Å². The molecule has 0 radical (unpaired) electrons. The van der Waals surface area contributed by atoms with Crippen molar-refractivity contribution in [2.75, 3.05) is 0 Å². The molecule has 19 heteroatoms. The molecule has 0 amide bonds. The molecule has 0 saturated carbocycles. The van der Waals surface area contributed by atoms with Crippen LogP contribution in [0, 0.1) is 0 Å². The van der Waals surface area contributed by atoms with Gasteiger partial charge in [0.05, 0.1) is 0 Å². The van der Waals surface area contributed by atoms with Gasteiger partial charge < -0.3 is 57.7 Å².